The number of rotatable bonds is 4. The highest BCUT2D eigenvalue weighted by atomic mass is 79.9. The summed E-state index contributed by atoms with van der Waals surface area (Å²) in [7, 11) is 1.97. The van der Waals surface area contributed by atoms with Crippen molar-refractivity contribution in [2.75, 3.05) is 7.05 Å². The van der Waals surface area contributed by atoms with Crippen LogP contribution in [0.5, 0.6) is 0 Å². The van der Waals surface area contributed by atoms with Crippen molar-refractivity contribution in [2.24, 2.45) is 0 Å². The molecule has 1 heterocycles. The van der Waals surface area contributed by atoms with E-state index in [9.17, 15) is 0 Å². The molecule has 1 aromatic heterocycles. The monoisotopic (exact) mass is 326 g/mol. The lowest BCUT2D eigenvalue weighted by molar-refractivity contribution is 0.589. The normalized spacial score (nSPS) is 12.7. The molecular weight excluding hydrogens is 312 g/mol. The van der Waals surface area contributed by atoms with Crippen molar-refractivity contribution >= 4 is 27.5 Å². The predicted molar refractivity (Wildman–Crippen MR) is 80.2 cm³/mol. The number of hydrogen-bond donors (Lipinski definition) is 1. The molecule has 4 heteroatoms. The van der Waals surface area contributed by atoms with Crippen molar-refractivity contribution in [3.05, 3.63) is 57.3 Å². The minimum absolute atomic E-state index is 0.328. The average Bonchev–Trinajstić information content (AvgIpc) is 2.80. The maximum Gasteiger partial charge on any atom is 0.0488 e. The lowest BCUT2D eigenvalue weighted by Gasteiger charge is -2.15. The van der Waals surface area contributed by atoms with Crippen LogP contribution >= 0.6 is 27.5 Å². The maximum atomic E-state index is 6.25. The van der Waals surface area contributed by atoms with Crippen molar-refractivity contribution in [3.8, 4) is 0 Å². The van der Waals surface area contributed by atoms with Gasteiger partial charge in [-0.25, -0.2) is 0 Å². The van der Waals surface area contributed by atoms with Gasteiger partial charge in [-0.3, -0.25) is 0 Å². The minimum Gasteiger partial charge on any atom is -0.346 e. The Morgan fingerprint density at radius 3 is 2.83 bits per heavy atom. The summed E-state index contributed by atoms with van der Waals surface area (Å²) in [4.78, 5) is 0. The van der Waals surface area contributed by atoms with Crippen LogP contribution in [0.1, 0.15) is 24.2 Å². The van der Waals surface area contributed by atoms with Gasteiger partial charge in [-0.1, -0.05) is 33.6 Å². The average molecular weight is 328 g/mol. The fraction of sp³-hybridized carbons (Fsp3) is 0.286. The molecule has 1 atom stereocenters. The zero-order valence-electron chi connectivity index (χ0n) is 10.5. The van der Waals surface area contributed by atoms with E-state index < -0.39 is 0 Å². The summed E-state index contributed by atoms with van der Waals surface area (Å²) >= 11 is 9.68. The van der Waals surface area contributed by atoms with Crippen LogP contribution in [0.15, 0.2) is 41.0 Å². The highest BCUT2D eigenvalue weighted by Gasteiger charge is 2.09. The summed E-state index contributed by atoms with van der Waals surface area (Å²) in [5, 5.41) is 4.05. The smallest absolute Gasteiger partial charge is 0.0488 e. The first-order chi connectivity index (χ1) is 8.61. The molecule has 0 radical (unpaired) electrons. The molecule has 0 spiro atoms. The molecule has 1 N–H and O–H groups in total. The van der Waals surface area contributed by atoms with Gasteiger partial charge in [-0.15, -0.1) is 0 Å². The van der Waals surface area contributed by atoms with Crippen molar-refractivity contribution in [3.63, 3.8) is 0 Å². The van der Waals surface area contributed by atoms with E-state index in [1.807, 2.05) is 19.2 Å². The van der Waals surface area contributed by atoms with E-state index in [0.717, 1.165) is 21.6 Å². The van der Waals surface area contributed by atoms with Gasteiger partial charge in [-0.05, 0) is 43.8 Å². The van der Waals surface area contributed by atoms with E-state index in [2.05, 4.69) is 57.1 Å². The number of nitrogens with one attached hydrogen (secondary N) is 1. The van der Waals surface area contributed by atoms with Crippen LogP contribution < -0.4 is 5.32 Å². The summed E-state index contributed by atoms with van der Waals surface area (Å²) in [5.41, 5.74) is 2.39. The zero-order valence-corrected chi connectivity index (χ0v) is 12.8. The minimum atomic E-state index is 0.328. The summed E-state index contributed by atoms with van der Waals surface area (Å²) in [6.07, 6.45) is 2.08. The standard InChI is InChI=1S/C14H16BrClN2/c1-10(17-2)14-4-3-7-18(14)9-11-5-6-12(15)8-13(11)16/h3-8,10,17H,9H2,1-2H3. The Hall–Kier alpha value is -0.770. The Morgan fingerprint density at radius 2 is 2.17 bits per heavy atom. The second-order valence-electron chi connectivity index (χ2n) is 4.31. The lowest BCUT2D eigenvalue weighted by atomic mass is 10.2. The van der Waals surface area contributed by atoms with Crippen LogP contribution in [0.25, 0.3) is 0 Å². The number of halogens is 2. The summed E-state index contributed by atoms with van der Waals surface area (Å²) in [5.74, 6) is 0. The van der Waals surface area contributed by atoms with Crippen LogP contribution in [0.2, 0.25) is 5.02 Å². The van der Waals surface area contributed by atoms with Crippen LogP contribution in [-0.4, -0.2) is 11.6 Å². The molecule has 1 unspecified atom stereocenters. The maximum absolute atomic E-state index is 6.25. The van der Waals surface area contributed by atoms with E-state index in [-0.39, 0.29) is 0 Å². The van der Waals surface area contributed by atoms with Gasteiger partial charge in [0.25, 0.3) is 0 Å². The van der Waals surface area contributed by atoms with Crippen molar-refractivity contribution in [1.82, 2.24) is 9.88 Å². The first-order valence-electron chi connectivity index (χ1n) is 5.88. The fourth-order valence-corrected chi connectivity index (χ4v) is 2.68. The fourth-order valence-electron chi connectivity index (χ4n) is 1.95. The van der Waals surface area contributed by atoms with Crippen molar-refractivity contribution in [2.45, 2.75) is 19.5 Å². The molecule has 2 aromatic rings. The van der Waals surface area contributed by atoms with E-state index >= 15 is 0 Å². The summed E-state index contributed by atoms with van der Waals surface area (Å²) in [6.45, 7) is 2.94. The summed E-state index contributed by atoms with van der Waals surface area (Å²) in [6, 6.07) is 10.5. The number of hydrogen-bond acceptors (Lipinski definition) is 1. The topological polar surface area (TPSA) is 17.0 Å². The Morgan fingerprint density at radius 1 is 1.39 bits per heavy atom. The predicted octanol–water partition coefficient (Wildman–Crippen LogP) is 4.23. The van der Waals surface area contributed by atoms with Crippen LogP contribution in [0.4, 0.5) is 0 Å². The van der Waals surface area contributed by atoms with Crippen LogP contribution in [0, 0.1) is 0 Å². The van der Waals surface area contributed by atoms with E-state index in [1.54, 1.807) is 0 Å². The third-order valence-corrected chi connectivity index (χ3v) is 3.94. The third-order valence-electron chi connectivity index (χ3n) is 3.10. The molecule has 0 saturated carbocycles. The highest BCUT2D eigenvalue weighted by Crippen LogP contribution is 2.23. The van der Waals surface area contributed by atoms with Crippen LogP contribution in [0.3, 0.4) is 0 Å². The molecule has 2 nitrogen and oxygen atoms in total. The molecule has 96 valence electrons. The molecule has 0 aliphatic carbocycles. The van der Waals surface area contributed by atoms with Crippen molar-refractivity contribution < 1.29 is 0 Å². The first kappa shape index (κ1) is 13.7. The van der Waals surface area contributed by atoms with E-state index in [4.69, 9.17) is 11.6 Å². The van der Waals surface area contributed by atoms with Gasteiger partial charge in [0.05, 0.1) is 0 Å². The second-order valence-corrected chi connectivity index (χ2v) is 5.63. The SMILES string of the molecule is CNC(C)c1cccn1Cc1ccc(Br)cc1Cl. The zero-order chi connectivity index (χ0) is 13.1. The highest BCUT2D eigenvalue weighted by molar-refractivity contribution is 9.10. The molecule has 0 bridgehead atoms. The molecule has 18 heavy (non-hydrogen) atoms. The number of nitrogens with zero attached hydrogens (tertiary/aromatic N) is 1. The lowest BCUT2D eigenvalue weighted by Crippen LogP contribution is -2.17. The molecule has 0 aliphatic rings. The molecular formula is C14H16BrClN2. The third kappa shape index (κ3) is 2.97. The van der Waals surface area contributed by atoms with E-state index in [1.165, 1.54) is 5.69 Å². The van der Waals surface area contributed by atoms with Gasteiger partial charge in [-0.2, -0.15) is 0 Å². The second kappa shape index (κ2) is 5.91. The molecule has 0 saturated heterocycles. The largest absolute Gasteiger partial charge is 0.346 e. The number of aromatic nitrogens is 1. The van der Waals surface area contributed by atoms with Gasteiger partial charge < -0.3 is 9.88 Å². The van der Waals surface area contributed by atoms with E-state index in [0.29, 0.717) is 6.04 Å². The Kier molecular flexibility index (Phi) is 4.49. The van der Waals surface area contributed by atoms with Crippen molar-refractivity contribution in [1.29, 1.82) is 0 Å². The van der Waals surface area contributed by atoms with Gasteiger partial charge in [0.2, 0.25) is 0 Å². The van der Waals surface area contributed by atoms with Gasteiger partial charge in [0, 0.05) is 34.0 Å². The van der Waals surface area contributed by atoms with Crippen LogP contribution in [-0.2, 0) is 6.54 Å². The van der Waals surface area contributed by atoms with Gasteiger partial charge in [0.1, 0.15) is 0 Å². The number of benzene rings is 1. The quantitative estimate of drug-likeness (QED) is 0.889. The molecule has 0 aliphatic heterocycles. The van der Waals surface area contributed by atoms with Gasteiger partial charge >= 0.3 is 0 Å². The Balaban J connectivity index is 2.26. The molecule has 1 aromatic carbocycles. The molecule has 0 amide bonds. The Bertz CT molecular complexity index is 536. The first-order valence-corrected chi connectivity index (χ1v) is 7.05. The Labute approximate surface area is 121 Å². The molecule has 2 rings (SSSR count). The molecule has 0 fully saturated rings. The summed E-state index contributed by atoms with van der Waals surface area (Å²) < 4.78 is 3.23. The van der Waals surface area contributed by atoms with Gasteiger partial charge in [0.15, 0.2) is 0 Å².